The minimum absolute atomic E-state index is 0.375. The van der Waals surface area contributed by atoms with Gasteiger partial charge in [0.1, 0.15) is 0 Å². The molecule has 1 fully saturated rings. The van der Waals surface area contributed by atoms with Crippen molar-refractivity contribution in [2.45, 2.75) is 19.0 Å². The van der Waals surface area contributed by atoms with E-state index < -0.39 is 5.97 Å². The Labute approximate surface area is 91.9 Å². The zero-order chi connectivity index (χ0) is 10.7. The highest BCUT2D eigenvalue weighted by atomic mass is 32.1. The van der Waals surface area contributed by atoms with Crippen molar-refractivity contribution in [3.8, 4) is 0 Å². The molecule has 0 bridgehead atoms. The van der Waals surface area contributed by atoms with Crippen LogP contribution < -0.4 is 5.32 Å². The Bertz CT molecular complexity index is 344. The fourth-order valence-electron chi connectivity index (χ4n) is 1.53. The maximum atomic E-state index is 10.6. The Morgan fingerprint density at radius 3 is 3.20 bits per heavy atom. The monoisotopic (exact) mass is 227 g/mol. The fourth-order valence-corrected chi connectivity index (χ4v) is 2.33. The lowest BCUT2D eigenvalue weighted by atomic mass is 10.2. The van der Waals surface area contributed by atoms with Crippen LogP contribution in [0, 0.1) is 0 Å². The molecule has 1 atom stereocenters. The molecule has 1 saturated heterocycles. The standard InChI is InChI=1S/C10H13NO3S/c12-10(13)7-3-9(15-6-7)4-11-8-1-2-14-5-8/h3,6,8,11H,1-2,4-5H2,(H,12,13). The second-order valence-corrected chi connectivity index (χ2v) is 4.54. The molecule has 2 rings (SSSR count). The number of ether oxygens (including phenoxy) is 1. The van der Waals surface area contributed by atoms with Crippen molar-refractivity contribution in [2.24, 2.45) is 0 Å². The zero-order valence-corrected chi connectivity index (χ0v) is 9.05. The van der Waals surface area contributed by atoms with Crippen LogP contribution in [0.3, 0.4) is 0 Å². The van der Waals surface area contributed by atoms with E-state index in [1.54, 1.807) is 11.4 Å². The van der Waals surface area contributed by atoms with Crippen molar-refractivity contribution in [3.05, 3.63) is 21.9 Å². The van der Waals surface area contributed by atoms with E-state index in [-0.39, 0.29) is 0 Å². The van der Waals surface area contributed by atoms with Crippen LogP contribution in [0.15, 0.2) is 11.4 Å². The Hall–Kier alpha value is -0.910. The van der Waals surface area contributed by atoms with Gasteiger partial charge in [0.05, 0.1) is 12.2 Å². The van der Waals surface area contributed by atoms with Crippen LogP contribution in [0.2, 0.25) is 0 Å². The Morgan fingerprint density at radius 2 is 2.60 bits per heavy atom. The third-order valence-electron chi connectivity index (χ3n) is 2.40. The molecule has 1 aromatic heterocycles. The fraction of sp³-hybridized carbons (Fsp3) is 0.500. The van der Waals surface area contributed by atoms with Crippen molar-refractivity contribution in [1.82, 2.24) is 5.32 Å². The number of hydrogen-bond acceptors (Lipinski definition) is 4. The van der Waals surface area contributed by atoms with E-state index in [0.717, 1.165) is 31.1 Å². The summed E-state index contributed by atoms with van der Waals surface area (Å²) in [4.78, 5) is 11.7. The van der Waals surface area contributed by atoms with Crippen molar-refractivity contribution in [1.29, 1.82) is 0 Å². The lowest BCUT2D eigenvalue weighted by Gasteiger charge is -2.08. The zero-order valence-electron chi connectivity index (χ0n) is 8.23. The van der Waals surface area contributed by atoms with Gasteiger partial charge in [0.2, 0.25) is 0 Å². The number of nitrogens with one attached hydrogen (secondary N) is 1. The highest BCUT2D eigenvalue weighted by Crippen LogP contribution is 2.15. The largest absolute Gasteiger partial charge is 0.478 e. The van der Waals surface area contributed by atoms with E-state index >= 15 is 0 Å². The molecule has 0 radical (unpaired) electrons. The van der Waals surface area contributed by atoms with Gasteiger partial charge in [-0.25, -0.2) is 4.79 Å². The van der Waals surface area contributed by atoms with Gasteiger partial charge < -0.3 is 15.2 Å². The molecule has 0 aromatic carbocycles. The SMILES string of the molecule is O=C(O)c1csc(CNC2CCOC2)c1. The van der Waals surface area contributed by atoms with Crippen molar-refractivity contribution in [3.63, 3.8) is 0 Å². The summed E-state index contributed by atoms with van der Waals surface area (Å²) in [5.41, 5.74) is 0.375. The third-order valence-corrected chi connectivity index (χ3v) is 3.33. The minimum atomic E-state index is -0.860. The summed E-state index contributed by atoms with van der Waals surface area (Å²) in [5, 5.41) is 13.8. The molecule has 82 valence electrons. The molecule has 0 spiro atoms. The first kappa shape index (κ1) is 10.6. The molecule has 4 nitrogen and oxygen atoms in total. The van der Waals surface area contributed by atoms with Gasteiger partial charge in [-0.1, -0.05) is 0 Å². The van der Waals surface area contributed by atoms with Crippen LogP contribution >= 0.6 is 11.3 Å². The Morgan fingerprint density at radius 1 is 1.73 bits per heavy atom. The van der Waals surface area contributed by atoms with Gasteiger partial charge in [-0.2, -0.15) is 0 Å². The molecule has 0 saturated carbocycles. The highest BCUT2D eigenvalue weighted by Gasteiger charge is 2.15. The summed E-state index contributed by atoms with van der Waals surface area (Å²) in [7, 11) is 0. The van der Waals surface area contributed by atoms with Crippen molar-refractivity contribution in [2.75, 3.05) is 13.2 Å². The van der Waals surface area contributed by atoms with Crippen LogP contribution in [-0.4, -0.2) is 30.3 Å². The molecule has 0 amide bonds. The van der Waals surface area contributed by atoms with E-state index in [2.05, 4.69) is 5.32 Å². The Kier molecular flexibility index (Phi) is 3.35. The van der Waals surface area contributed by atoms with Crippen LogP contribution in [0.1, 0.15) is 21.7 Å². The second kappa shape index (κ2) is 4.74. The summed E-state index contributed by atoms with van der Waals surface area (Å²) in [6, 6.07) is 2.14. The van der Waals surface area contributed by atoms with Crippen LogP contribution in [0.4, 0.5) is 0 Å². The molecular formula is C10H13NO3S. The molecule has 1 aliphatic heterocycles. The number of carbonyl (C=O) groups is 1. The normalized spacial score (nSPS) is 20.7. The molecule has 1 aromatic rings. The van der Waals surface area contributed by atoms with Gasteiger partial charge in [0.25, 0.3) is 0 Å². The van der Waals surface area contributed by atoms with E-state index in [1.165, 1.54) is 11.3 Å². The molecule has 0 aliphatic carbocycles. The number of aromatic carboxylic acids is 1. The topological polar surface area (TPSA) is 58.6 Å². The summed E-state index contributed by atoms with van der Waals surface area (Å²) in [6.45, 7) is 2.31. The molecule has 1 unspecified atom stereocenters. The average Bonchev–Trinajstić information content (AvgIpc) is 2.86. The van der Waals surface area contributed by atoms with Crippen molar-refractivity contribution < 1.29 is 14.6 Å². The maximum absolute atomic E-state index is 10.6. The number of carboxylic acid groups (broad SMARTS) is 1. The number of thiophene rings is 1. The van der Waals surface area contributed by atoms with Gasteiger partial charge >= 0.3 is 5.97 Å². The van der Waals surface area contributed by atoms with Crippen LogP contribution in [0.5, 0.6) is 0 Å². The predicted octanol–water partition coefficient (Wildman–Crippen LogP) is 1.32. The van der Waals surface area contributed by atoms with Gasteiger partial charge in [-0.3, -0.25) is 0 Å². The number of rotatable bonds is 4. The smallest absolute Gasteiger partial charge is 0.336 e. The first-order chi connectivity index (χ1) is 7.25. The summed E-state index contributed by atoms with van der Waals surface area (Å²) in [5.74, 6) is -0.860. The molecule has 2 N–H and O–H groups in total. The van der Waals surface area contributed by atoms with E-state index in [0.29, 0.717) is 11.6 Å². The molecule has 15 heavy (non-hydrogen) atoms. The maximum Gasteiger partial charge on any atom is 0.336 e. The van der Waals surface area contributed by atoms with Gasteiger partial charge in [0.15, 0.2) is 0 Å². The molecule has 5 heteroatoms. The van der Waals surface area contributed by atoms with Crippen LogP contribution in [-0.2, 0) is 11.3 Å². The van der Waals surface area contributed by atoms with E-state index in [4.69, 9.17) is 9.84 Å². The highest BCUT2D eigenvalue weighted by molar-refractivity contribution is 7.10. The summed E-state index contributed by atoms with van der Waals surface area (Å²) >= 11 is 1.48. The summed E-state index contributed by atoms with van der Waals surface area (Å²) in [6.07, 6.45) is 1.04. The van der Waals surface area contributed by atoms with Crippen molar-refractivity contribution >= 4 is 17.3 Å². The lowest BCUT2D eigenvalue weighted by Crippen LogP contribution is -2.28. The van der Waals surface area contributed by atoms with E-state index in [9.17, 15) is 4.79 Å². The average molecular weight is 227 g/mol. The first-order valence-electron chi connectivity index (χ1n) is 4.87. The molecule has 2 heterocycles. The molecule has 1 aliphatic rings. The third kappa shape index (κ3) is 2.77. The lowest BCUT2D eigenvalue weighted by molar-refractivity contribution is 0.0697. The van der Waals surface area contributed by atoms with Gasteiger partial charge in [-0.05, 0) is 12.5 Å². The predicted molar refractivity (Wildman–Crippen MR) is 57.3 cm³/mol. The number of carboxylic acids is 1. The first-order valence-corrected chi connectivity index (χ1v) is 5.75. The van der Waals surface area contributed by atoms with Gasteiger partial charge in [0, 0.05) is 29.5 Å². The summed E-state index contributed by atoms with van der Waals surface area (Å²) < 4.78 is 5.24. The van der Waals surface area contributed by atoms with Crippen LogP contribution in [0.25, 0.3) is 0 Å². The Balaban J connectivity index is 1.84. The molecular weight excluding hydrogens is 214 g/mol. The quantitative estimate of drug-likeness (QED) is 0.814. The minimum Gasteiger partial charge on any atom is -0.478 e. The van der Waals surface area contributed by atoms with Gasteiger partial charge in [-0.15, -0.1) is 11.3 Å². The number of hydrogen-bond donors (Lipinski definition) is 2. The van der Waals surface area contributed by atoms with E-state index in [1.807, 2.05) is 0 Å². The second-order valence-electron chi connectivity index (χ2n) is 3.55.